The fourth-order valence-corrected chi connectivity index (χ4v) is 9.39. The number of fused-ring (bicyclic) bond motifs is 6. The Morgan fingerprint density at radius 2 is 2.11 bits per heavy atom. The number of allylic oxidation sites excluding steroid dienone is 1. The third-order valence-corrected chi connectivity index (χ3v) is 11.0. The largest absolute Gasteiger partial charge is 0.393 e. The van der Waals surface area contributed by atoms with Crippen LogP contribution in [0.3, 0.4) is 0 Å². The lowest BCUT2D eigenvalue weighted by molar-refractivity contribution is -0.140. The zero-order valence-corrected chi connectivity index (χ0v) is 22.0. The highest BCUT2D eigenvalue weighted by Gasteiger charge is 2.63. The number of aromatic nitrogens is 4. The number of aryl methyl sites for hydroxylation is 2. The van der Waals surface area contributed by atoms with Crippen LogP contribution in [0.15, 0.2) is 29.2 Å². The van der Waals surface area contributed by atoms with Gasteiger partial charge in [0, 0.05) is 24.9 Å². The van der Waals surface area contributed by atoms with Crippen LogP contribution < -0.4 is 0 Å². The van der Waals surface area contributed by atoms with Crippen LogP contribution in [0.5, 0.6) is 0 Å². The van der Waals surface area contributed by atoms with E-state index in [1.54, 1.807) is 6.20 Å². The van der Waals surface area contributed by atoms with Gasteiger partial charge >= 0.3 is 0 Å². The smallest absolute Gasteiger partial charge is 0.188 e. The number of carbonyl (C=O) groups excluding carboxylic acids is 1. The standard InChI is InChI=1S/C28H36N4O2S/c1-16-9-10-29-26(31-16)35-15-24(34)21-8-7-20-19-6-5-18-11-22-17(14-30-32(22)4)12-27(18,2)25(19)23(33)13-28(20,21)3/h9-11,14,19-21,23,25,33H,5-8,12-13,15H2,1-4H3. The molecule has 3 saturated carbocycles. The fourth-order valence-electron chi connectivity index (χ4n) is 8.58. The summed E-state index contributed by atoms with van der Waals surface area (Å²) in [6, 6.07) is 1.88. The van der Waals surface area contributed by atoms with Crippen LogP contribution in [0.4, 0.5) is 0 Å². The molecule has 0 aromatic carbocycles. The van der Waals surface area contributed by atoms with Gasteiger partial charge in [-0.1, -0.05) is 31.2 Å². The van der Waals surface area contributed by atoms with Crippen LogP contribution in [0.2, 0.25) is 0 Å². The molecule has 6 rings (SSSR count). The molecule has 2 aromatic heterocycles. The number of carbonyl (C=O) groups is 1. The van der Waals surface area contributed by atoms with Crippen molar-refractivity contribution in [2.24, 2.45) is 41.5 Å². The molecule has 0 amide bonds. The van der Waals surface area contributed by atoms with Gasteiger partial charge in [-0.3, -0.25) is 9.48 Å². The summed E-state index contributed by atoms with van der Waals surface area (Å²) in [5, 5.41) is 16.9. The Morgan fingerprint density at radius 1 is 1.29 bits per heavy atom. The Morgan fingerprint density at radius 3 is 2.91 bits per heavy atom. The molecule has 4 aliphatic carbocycles. The van der Waals surface area contributed by atoms with Gasteiger partial charge in [-0.15, -0.1) is 0 Å². The quantitative estimate of drug-likeness (QED) is 0.494. The molecule has 35 heavy (non-hydrogen) atoms. The second-order valence-corrected chi connectivity index (χ2v) is 12.9. The maximum Gasteiger partial charge on any atom is 0.188 e. The van der Waals surface area contributed by atoms with Crippen molar-refractivity contribution in [1.82, 2.24) is 19.7 Å². The summed E-state index contributed by atoms with van der Waals surface area (Å²) < 4.78 is 1.98. The number of hydrogen-bond donors (Lipinski definition) is 1. The molecule has 0 bridgehead atoms. The molecule has 7 heteroatoms. The van der Waals surface area contributed by atoms with E-state index in [1.807, 2.05) is 30.9 Å². The number of nitrogens with zero attached hydrogens (tertiary/aromatic N) is 4. The monoisotopic (exact) mass is 492 g/mol. The van der Waals surface area contributed by atoms with Crippen LogP contribution in [0.1, 0.15) is 62.9 Å². The Kier molecular flexibility index (Phi) is 5.53. The second kappa shape index (κ2) is 8.27. The van der Waals surface area contributed by atoms with E-state index in [1.165, 1.54) is 28.6 Å². The Balaban J connectivity index is 1.24. The average Bonchev–Trinajstić information content (AvgIpc) is 3.34. The fraction of sp³-hybridized carbons (Fsp3) is 0.643. The predicted octanol–water partition coefficient (Wildman–Crippen LogP) is 4.65. The van der Waals surface area contributed by atoms with E-state index in [-0.39, 0.29) is 28.8 Å². The molecule has 4 aliphatic rings. The second-order valence-electron chi connectivity index (χ2n) is 11.9. The molecule has 6 nitrogen and oxygen atoms in total. The molecule has 0 aliphatic heterocycles. The van der Waals surface area contributed by atoms with Crippen molar-refractivity contribution in [1.29, 1.82) is 0 Å². The van der Waals surface area contributed by atoms with Gasteiger partial charge in [-0.05, 0) is 91.7 Å². The van der Waals surface area contributed by atoms with Crippen molar-refractivity contribution in [3.8, 4) is 0 Å². The zero-order chi connectivity index (χ0) is 24.5. The first-order valence-corrected chi connectivity index (χ1v) is 14.0. The van der Waals surface area contributed by atoms with E-state index in [2.05, 4.69) is 35.0 Å². The van der Waals surface area contributed by atoms with Gasteiger partial charge in [0.15, 0.2) is 5.16 Å². The third kappa shape index (κ3) is 3.56. The molecule has 2 heterocycles. The van der Waals surface area contributed by atoms with Gasteiger partial charge in [0.05, 0.1) is 23.7 Å². The van der Waals surface area contributed by atoms with Gasteiger partial charge in [-0.25, -0.2) is 9.97 Å². The van der Waals surface area contributed by atoms with Gasteiger partial charge in [-0.2, -0.15) is 5.10 Å². The van der Waals surface area contributed by atoms with Gasteiger partial charge in [0.25, 0.3) is 0 Å². The normalized spacial score (nSPS) is 37.6. The molecule has 0 saturated heterocycles. The zero-order valence-electron chi connectivity index (χ0n) is 21.2. The van der Waals surface area contributed by atoms with E-state index in [0.29, 0.717) is 28.5 Å². The maximum atomic E-state index is 13.5. The topological polar surface area (TPSA) is 80.9 Å². The summed E-state index contributed by atoms with van der Waals surface area (Å²) in [6.07, 6.45) is 11.7. The number of thioether (sulfide) groups is 1. The molecule has 3 fully saturated rings. The van der Waals surface area contributed by atoms with E-state index in [4.69, 9.17) is 0 Å². The number of rotatable bonds is 4. The Labute approximate surface area is 212 Å². The molecular formula is C28H36N4O2S. The maximum absolute atomic E-state index is 13.5. The summed E-state index contributed by atoms with van der Waals surface area (Å²) in [5.74, 6) is 1.94. The van der Waals surface area contributed by atoms with Crippen LogP contribution >= 0.6 is 11.8 Å². The Hall–Kier alpha value is -1.99. The van der Waals surface area contributed by atoms with Crippen molar-refractivity contribution in [3.05, 3.63) is 41.0 Å². The summed E-state index contributed by atoms with van der Waals surface area (Å²) in [7, 11) is 2.02. The van der Waals surface area contributed by atoms with Crippen LogP contribution in [0, 0.1) is 41.4 Å². The number of aliphatic hydroxyl groups is 1. The molecule has 186 valence electrons. The Bertz CT molecular complexity index is 1210. The molecule has 2 aromatic rings. The SMILES string of the molecule is Cc1ccnc(SCC(=O)C2CCC3C4CCC5=Cc6c(cnn6C)CC5(C)C4C(O)CC23C)n1. The highest BCUT2D eigenvalue weighted by molar-refractivity contribution is 7.99. The third-order valence-electron chi connectivity index (χ3n) is 10.1. The first-order valence-electron chi connectivity index (χ1n) is 13.1. The summed E-state index contributed by atoms with van der Waals surface area (Å²) >= 11 is 1.45. The molecule has 0 spiro atoms. The molecule has 7 atom stereocenters. The lowest BCUT2D eigenvalue weighted by Crippen LogP contribution is -2.57. The first-order chi connectivity index (χ1) is 16.7. The van der Waals surface area contributed by atoms with E-state index >= 15 is 0 Å². The average molecular weight is 493 g/mol. The molecular weight excluding hydrogens is 456 g/mol. The van der Waals surface area contributed by atoms with Gasteiger partial charge < -0.3 is 5.11 Å². The summed E-state index contributed by atoms with van der Waals surface area (Å²) in [4.78, 5) is 22.2. The van der Waals surface area contributed by atoms with E-state index < -0.39 is 0 Å². The van der Waals surface area contributed by atoms with Crippen LogP contribution in [-0.4, -0.2) is 42.5 Å². The molecule has 0 radical (unpaired) electrons. The predicted molar refractivity (Wildman–Crippen MR) is 137 cm³/mol. The highest BCUT2D eigenvalue weighted by Crippen LogP contribution is 2.66. The first kappa shape index (κ1) is 23.4. The van der Waals surface area contributed by atoms with Crippen molar-refractivity contribution in [2.45, 2.75) is 70.6 Å². The van der Waals surface area contributed by atoms with Crippen LogP contribution in [-0.2, 0) is 18.3 Å². The van der Waals surface area contributed by atoms with Crippen molar-refractivity contribution >= 4 is 23.6 Å². The van der Waals surface area contributed by atoms with Gasteiger partial charge in [0.2, 0.25) is 0 Å². The molecule has 7 unspecified atom stereocenters. The number of hydrogen-bond acceptors (Lipinski definition) is 6. The van der Waals surface area contributed by atoms with Crippen molar-refractivity contribution in [3.63, 3.8) is 0 Å². The number of aliphatic hydroxyl groups excluding tert-OH is 1. The minimum absolute atomic E-state index is 0.0152. The minimum atomic E-state index is -0.380. The lowest BCUT2D eigenvalue weighted by Gasteiger charge is -2.59. The van der Waals surface area contributed by atoms with Gasteiger partial charge in [0.1, 0.15) is 5.78 Å². The summed E-state index contributed by atoms with van der Waals surface area (Å²) in [6.45, 7) is 6.63. The van der Waals surface area contributed by atoms with Crippen LogP contribution in [0.25, 0.3) is 6.08 Å². The molecule has 1 N–H and O–H groups in total. The lowest BCUT2D eigenvalue weighted by atomic mass is 9.46. The minimum Gasteiger partial charge on any atom is -0.393 e. The van der Waals surface area contributed by atoms with E-state index in [9.17, 15) is 9.90 Å². The summed E-state index contributed by atoms with van der Waals surface area (Å²) in [5.41, 5.74) is 4.78. The van der Waals surface area contributed by atoms with Crippen molar-refractivity contribution < 1.29 is 9.90 Å². The van der Waals surface area contributed by atoms with E-state index in [0.717, 1.165) is 44.2 Å². The number of Topliss-reactive ketones (excluding diaryl/α,β-unsaturated/α-hetero) is 1. The number of ketones is 1. The highest BCUT2D eigenvalue weighted by atomic mass is 32.2. The van der Waals surface area contributed by atoms with Crippen molar-refractivity contribution in [2.75, 3.05) is 5.75 Å².